The Balaban J connectivity index is 1.69. The quantitative estimate of drug-likeness (QED) is 0.861. The van der Waals surface area contributed by atoms with Crippen molar-refractivity contribution >= 4 is 21.7 Å². The van der Waals surface area contributed by atoms with Crippen LogP contribution in [0.25, 0.3) is 0 Å². The number of nitrogens with zero attached hydrogens (tertiary/aromatic N) is 3. The largest absolute Gasteiger partial charge is 0.335 e. The maximum Gasteiger partial charge on any atom is 0.260 e. The van der Waals surface area contributed by atoms with Gasteiger partial charge >= 0.3 is 0 Å². The predicted octanol–water partition coefficient (Wildman–Crippen LogP) is 1.15. The number of hydrogen-bond donors (Lipinski definition) is 2. The van der Waals surface area contributed by atoms with Crippen molar-refractivity contribution in [3.8, 4) is 0 Å². The number of H-pyrrole nitrogens is 1. The number of nitrogens with one attached hydrogen (secondary N) is 2. The van der Waals surface area contributed by atoms with Gasteiger partial charge in [0.15, 0.2) is 5.03 Å². The summed E-state index contributed by atoms with van der Waals surface area (Å²) in [5.74, 6) is -0.144. The molecular formula is C15H19N5O3S. The molecule has 2 aromatic heterocycles. The first kappa shape index (κ1) is 16.6. The van der Waals surface area contributed by atoms with Gasteiger partial charge < -0.3 is 10.3 Å². The molecule has 8 nitrogen and oxygen atoms in total. The van der Waals surface area contributed by atoms with E-state index in [0.717, 1.165) is 5.56 Å². The molecule has 1 fully saturated rings. The Labute approximate surface area is 140 Å². The van der Waals surface area contributed by atoms with Gasteiger partial charge in [-0.3, -0.25) is 4.79 Å². The highest BCUT2D eigenvalue weighted by atomic mass is 32.2. The van der Waals surface area contributed by atoms with E-state index < -0.39 is 15.9 Å². The van der Waals surface area contributed by atoms with Crippen LogP contribution in [0.4, 0.5) is 5.82 Å². The molecular weight excluding hydrogens is 330 g/mol. The number of hydrogen-bond acceptors (Lipinski definition) is 5. The van der Waals surface area contributed by atoms with Gasteiger partial charge in [0.1, 0.15) is 5.82 Å². The molecule has 24 heavy (non-hydrogen) atoms. The van der Waals surface area contributed by atoms with E-state index in [1.165, 1.54) is 16.8 Å². The van der Waals surface area contributed by atoms with Gasteiger partial charge in [-0.1, -0.05) is 6.07 Å². The van der Waals surface area contributed by atoms with Gasteiger partial charge in [0.05, 0.1) is 18.4 Å². The Morgan fingerprint density at radius 3 is 2.88 bits per heavy atom. The molecule has 1 aliphatic heterocycles. The first-order chi connectivity index (χ1) is 11.5. The first-order valence-electron chi connectivity index (χ1n) is 7.69. The molecule has 2 N–H and O–H groups in total. The molecule has 0 saturated carbocycles. The highest BCUT2D eigenvalue weighted by Gasteiger charge is 2.34. The molecule has 1 aliphatic rings. The minimum absolute atomic E-state index is 0.0451. The number of sulfonamides is 1. The highest BCUT2D eigenvalue weighted by Crippen LogP contribution is 2.23. The van der Waals surface area contributed by atoms with Crippen LogP contribution in [0.2, 0.25) is 0 Å². The number of pyridine rings is 1. The topological polar surface area (TPSA) is 108 Å². The van der Waals surface area contributed by atoms with Crippen LogP contribution in [-0.4, -0.2) is 46.7 Å². The van der Waals surface area contributed by atoms with Crippen LogP contribution >= 0.6 is 0 Å². The van der Waals surface area contributed by atoms with Crippen LogP contribution in [-0.2, 0) is 14.8 Å². The molecule has 2 aromatic rings. The number of carbonyl (C=O) groups is 1. The van der Waals surface area contributed by atoms with Crippen molar-refractivity contribution < 1.29 is 13.2 Å². The summed E-state index contributed by atoms with van der Waals surface area (Å²) in [6.07, 6.45) is 5.55. The third kappa shape index (κ3) is 3.46. The second kappa shape index (κ2) is 6.70. The number of rotatable bonds is 4. The first-order valence-corrected chi connectivity index (χ1v) is 9.13. The summed E-state index contributed by atoms with van der Waals surface area (Å²) in [6, 6.07) is 3.59. The van der Waals surface area contributed by atoms with Gasteiger partial charge in [-0.25, -0.2) is 18.4 Å². The van der Waals surface area contributed by atoms with E-state index in [4.69, 9.17) is 0 Å². The number of amides is 1. The monoisotopic (exact) mass is 349 g/mol. The molecule has 0 spiro atoms. The summed E-state index contributed by atoms with van der Waals surface area (Å²) in [4.78, 5) is 22.9. The molecule has 3 rings (SSSR count). The molecule has 0 aromatic carbocycles. The molecule has 3 heterocycles. The zero-order valence-corrected chi connectivity index (χ0v) is 14.1. The fourth-order valence-electron chi connectivity index (χ4n) is 2.67. The average molecular weight is 349 g/mol. The second-order valence-corrected chi connectivity index (χ2v) is 7.73. The van der Waals surface area contributed by atoms with Gasteiger partial charge in [0, 0.05) is 19.3 Å². The van der Waals surface area contributed by atoms with E-state index in [1.54, 1.807) is 12.3 Å². The van der Waals surface area contributed by atoms with Gasteiger partial charge in [-0.15, -0.1) is 0 Å². The zero-order valence-electron chi connectivity index (χ0n) is 13.3. The van der Waals surface area contributed by atoms with Crippen LogP contribution in [0.5, 0.6) is 0 Å². The summed E-state index contributed by atoms with van der Waals surface area (Å²) in [5, 5.41) is 2.80. The fraction of sp³-hybridized carbons (Fsp3) is 0.400. The fourth-order valence-corrected chi connectivity index (χ4v) is 4.09. The minimum Gasteiger partial charge on any atom is -0.335 e. The number of aromatic amines is 1. The Bertz CT molecular complexity index is 802. The Morgan fingerprint density at radius 1 is 1.38 bits per heavy atom. The lowest BCUT2D eigenvalue weighted by molar-refractivity contribution is -0.120. The van der Waals surface area contributed by atoms with Crippen LogP contribution in [0.1, 0.15) is 18.4 Å². The standard InChI is InChI=1S/C15H19N5O3S/c1-11-4-5-13(17-7-11)19-15(21)12-3-2-6-20(9-12)24(22,23)14-8-16-10-18-14/h4-5,7-8,10,12H,2-3,6,9H2,1H3,(H,16,18)(H,17,19,21). The normalized spacial score (nSPS) is 19.1. The van der Waals surface area contributed by atoms with Crippen molar-refractivity contribution in [1.82, 2.24) is 19.3 Å². The Kier molecular flexibility index (Phi) is 4.63. The third-order valence-corrected chi connectivity index (χ3v) is 5.80. The molecule has 9 heteroatoms. The molecule has 0 bridgehead atoms. The van der Waals surface area contributed by atoms with Gasteiger partial charge in [0.25, 0.3) is 10.0 Å². The second-order valence-electron chi connectivity index (χ2n) is 5.83. The lowest BCUT2D eigenvalue weighted by Gasteiger charge is -2.30. The van der Waals surface area contributed by atoms with Crippen molar-refractivity contribution in [3.05, 3.63) is 36.4 Å². The van der Waals surface area contributed by atoms with E-state index in [0.29, 0.717) is 25.2 Å². The van der Waals surface area contributed by atoms with Crippen LogP contribution < -0.4 is 5.32 Å². The van der Waals surface area contributed by atoms with Crippen LogP contribution in [0.15, 0.2) is 35.9 Å². The SMILES string of the molecule is Cc1ccc(NC(=O)C2CCCN(S(=O)(=O)c3cnc[nH]3)C2)nc1. The Morgan fingerprint density at radius 2 is 2.21 bits per heavy atom. The highest BCUT2D eigenvalue weighted by molar-refractivity contribution is 7.89. The lowest BCUT2D eigenvalue weighted by Crippen LogP contribution is -2.43. The van der Waals surface area contributed by atoms with Crippen molar-refractivity contribution in [2.24, 2.45) is 5.92 Å². The van der Waals surface area contributed by atoms with Crippen molar-refractivity contribution in [1.29, 1.82) is 0 Å². The predicted molar refractivity (Wildman–Crippen MR) is 87.7 cm³/mol. The van der Waals surface area contributed by atoms with Crippen molar-refractivity contribution in [2.45, 2.75) is 24.8 Å². The molecule has 0 radical (unpaired) electrons. The molecule has 1 atom stereocenters. The van der Waals surface area contributed by atoms with Gasteiger partial charge in [-0.2, -0.15) is 4.31 Å². The number of carbonyl (C=O) groups excluding carboxylic acids is 1. The summed E-state index contributed by atoms with van der Waals surface area (Å²) in [7, 11) is -3.64. The van der Waals surface area contributed by atoms with Crippen molar-refractivity contribution in [3.63, 3.8) is 0 Å². The summed E-state index contributed by atoms with van der Waals surface area (Å²) >= 11 is 0. The number of aryl methyl sites for hydroxylation is 1. The molecule has 128 valence electrons. The van der Waals surface area contributed by atoms with E-state index in [1.807, 2.05) is 13.0 Å². The summed E-state index contributed by atoms with van der Waals surface area (Å²) in [5.41, 5.74) is 1.00. The van der Waals surface area contributed by atoms with Gasteiger partial charge in [0.2, 0.25) is 5.91 Å². The molecule has 1 unspecified atom stereocenters. The van der Waals surface area contributed by atoms with E-state index in [2.05, 4.69) is 20.3 Å². The summed E-state index contributed by atoms with van der Waals surface area (Å²) < 4.78 is 26.4. The molecule has 1 amide bonds. The number of aromatic nitrogens is 3. The van der Waals surface area contributed by atoms with Gasteiger partial charge in [-0.05, 0) is 31.4 Å². The molecule has 1 saturated heterocycles. The minimum atomic E-state index is -3.64. The number of anilines is 1. The maximum absolute atomic E-state index is 12.5. The lowest BCUT2D eigenvalue weighted by atomic mass is 9.99. The number of imidazole rings is 1. The van der Waals surface area contributed by atoms with E-state index in [9.17, 15) is 13.2 Å². The zero-order chi connectivity index (χ0) is 17.2. The average Bonchev–Trinajstić information content (AvgIpc) is 3.12. The van der Waals surface area contributed by atoms with Crippen molar-refractivity contribution in [2.75, 3.05) is 18.4 Å². The van der Waals surface area contributed by atoms with E-state index >= 15 is 0 Å². The van der Waals surface area contributed by atoms with Crippen LogP contribution in [0.3, 0.4) is 0 Å². The Hall–Kier alpha value is -2.26. The van der Waals surface area contributed by atoms with Crippen LogP contribution in [0, 0.1) is 12.8 Å². The maximum atomic E-state index is 12.5. The number of piperidine rings is 1. The van der Waals surface area contributed by atoms with E-state index in [-0.39, 0.29) is 17.5 Å². The summed E-state index contributed by atoms with van der Waals surface area (Å²) in [6.45, 7) is 2.46. The third-order valence-electron chi connectivity index (χ3n) is 4.01. The molecule has 0 aliphatic carbocycles. The smallest absolute Gasteiger partial charge is 0.260 e.